The Hall–Kier alpha value is -3.67. The molecule has 0 saturated carbocycles. The third-order valence-corrected chi connectivity index (χ3v) is 4.10. The number of esters is 1. The molecule has 0 aliphatic heterocycles. The predicted octanol–water partition coefficient (Wildman–Crippen LogP) is 4.56. The number of nitrogens with zero attached hydrogens (tertiary/aromatic N) is 1. The van der Waals surface area contributed by atoms with Gasteiger partial charge in [0.25, 0.3) is 5.91 Å². The minimum absolute atomic E-state index is 0.262. The highest BCUT2D eigenvalue weighted by molar-refractivity contribution is 6.08. The molecule has 0 aliphatic rings. The first-order chi connectivity index (χ1) is 13.6. The van der Waals surface area contributed by atoms with Crippen molar-refractivity contribution in [3.63, 3.8) is 0 Å². The van der Waals surface area contributed by atoms with Crippen molar-refractivity contribution in [3.8, 4) is 0 Å². The van der Waals surface area contributed by atoms with Crippen molar-refractivity contribution in [2.45, 2.75) is 13.8 Å². The second kappa shape index (κ2) is 8.81. The lowest BCUT2D eigenvalue weighted by atomic mass is 10.1. The molecule has 3 rings (SSSR count). The van der Waals surface area contributed by atoms with Gasteiger partial charge >= 0.3 is 5.97 Å². The lowest BCUT2D eigenvalue weighted by Gasteiger charge is -2.12. The summed E-state index contributed by atoms with van der Waals surface area (Å²) in [7, 11) is 0. The highest BCUT2D eigenvalue weighted by atomic mass is 16.5. The number of pyridine rings is 1. The van der Waals surface area contributed by atoms with Crippen molar-refractivity contribution >= 4 is 28.9 Å². The molecule has 2 aromatic carbocycles. The quantitative estimate of drug-likeness (QED) is 0.617. The van der Waals surface area contributed by atoms with Crippen LogP contribution < -0.4 is 10.6 Å². The van der Waals surface area contributed by atoms with E-state index in [1.54, 1.807) is 43.5 Å². The number of benzene rings is 2. The number of ether oxygens (including phenoxy) is 1. The standard InChI is InChI=1S/C22H21N3O3/c1-3-28-22(27)18-9-5-7-11-20(18)25-21(26)16-12-17(14-23-13-16)24-19-10-6-4-8-15(19)2/h4-14,24H,3H2,1-2H3,(H,25,26). The molecule has 2 N–H and O–H groups in total. The summed E-state index contributed by atoms with van der Waals surface area (Å²) in [5.41, 5.74) is 3.79. The molecular formula is C22H21N3O3. The van der Waals surface area contributed by atoms with Crippen LogP contribution in [-0.4, -0.2) is 23.5 Å². The molecule has 1 amide bonds. The second-order valence-corrected chi connectivity index (χ2v) is 6.12. The third-order valence-electron chi connectivity index (χ3n) is 4.10. The summed E-state index contributed by atoms with van der Waals surface area (Å²) in [6.45, 7) is 3.99. The van der Waals surface area contributed by atoms with Gasteiger partial charge in [0.1, 0.15) is 0 Å². The molecule has 0 spiro atoms. The van der Waals surface area contributed by atoms with Gasteiger partial charge in [0.15, 0.2) is 0 Å². The maximum absolute atomic E-state index is 12.7. The molecule has 0 unspecified atom stereocenters. The van der Waals surface area contributed by atoms with Gasteiger partial charge in [0.2, 0.25) is 0 Å². The molecule has 0 fully saturated rings. The summed E-state index contributed by atoms with van der Waals surface area (Å²) < 4.78 is 5.04. The lowest BCUT2D eigenvalue weighted by molar-refractivity contribution is 0.0527. The van der Waals surface area contributed by atoms with E-state index in [0.717, 1.165) is 11.3 Å². The van der Waals surface area contributed by atoms with E-state index in [-0.39, 0.29) is 12.5 Å². The number of rotatable bonds is 6. The number of hydrogen-bond acceptors (Lipinski definition) is 5. The van der Waals surface area contributed by atoms with E-state index in [2.05, 4.69) is 15.6 Å². The maximum atomic E-state index is 12.7. The number of aromatic nitrogens is 1. The Morgan fingerprint density at radius 1 is 1.00 bits per heavy atom. The van der Waals surface area contributed by atoms with Gasteiger partial charge in [0, 0.05) is 11.9 Å². The van der Waals surface area contributed by atoms with Gasteiger partial charge < -0.3 is 15.4 Å². The largest absolute Gasteiger partial charge is 0.462 e. The molecule has 6 nitrogen and oxygen atoms in total. The van der Waals surface area contributed by atoms with E-state index in [1.165, 1.54) is 6.20 Å². The van der Waals surface area contributed by atoms with Gasteiger partial charge in [0.05, 0.1) is 35.3 Å². The summed E-state index contributed by atoms with van der Waals surface area (Å²) in [5, 5.41) is 6.02. The topological polar surface area (TPSA) is 80.3 Å². The van der Waals surface area contributed by atoms with Crippen LogP contribution in [0.15, 0.2) is 67.0 Å². The minimum atomic E-state index is -0.480. The van der Waals surface area contributed by atoms with Crippen LogP contribution in [0.5, 0.6) is 0 Å². The summed E-state index contributed by atoms with van der Waals surface area (Å²) in [6.07, 6.45) is 3.13. The van der Waals surface area contributed by atoms with Crippen molar-refractivity contribution in [1.29, 1.82) is 0 Å². The molecule has 0 saturated heterocycles. The van der Waals surface area contributed by atoms with Gasteiger partial charge in [-0.1, -0.05) is 30.3 Å². The maximum Gasteiger partial charge on any atom is 0.340 e. The first-order valence-corrected chi connectivity index (χ1v) is 8.93. The number of anilines is 3. The molecule has 6 heteroatoms. The van der Waals surface area contributed by atoms with E-state index in [0.29, 0.717) is 22.5 Å². The second-order valence-electron chi connectivity index (χ2n) is 6.12. The Morgan fingerprint density at radius 3 is 2.46 bits per heavy atom. The number of carbonyl (C=O) groups excluding carboxylic acids is 2. The fourth-order valence-corrected chi connectivity index (χ4v) is 2.67. The number of hydrogen-bond donors (Lipinski definition) is 2. The van der Waals surface area contributed by atoms with Gasteiger partial charge in [-0.3, -0.25) is 9.78 Å². The molecule has 1 heterocycles. The molecule has 0 radical (unpaired) electrons. The molecule has 142 valence electrons. The lowest BCUT2D eigenvalue weighted by Crippen LogP contribution is -2.16. The Labute approximate surface area is 163 Å². The highest BCUT2D eigenvalue weighted by Gasteiger charge is 2.15. The zero-order chi connectivity index (χ0) is 19.9. The van der Waals surface area contributed by atoms with Crippen molar-refractivity contribution in [2.75, 3.05) is 17.2 Å². The van der Waals surface area contributed by atoms with Crippen LogP contribution in [0.1, 0.15) is 33.2 Å². The molecular weight excluding hydrogens is 354 g/mol. The fraction of sp³-hybridized carbons (Fsp3) is 0.136. The van der Waals surface area contributed by atoms with E-state index in [4.69, 9.17) is 4.74 Å². The summed E-state index contributed by atoms with van der Waals surface area (Å²) in [4.78, 5) is 28.9. The van der Waals surface area contributed by atoms with Gasteiger partial charge in [-0.2, -0.15) is 0 Å². The first kappa shape index (κ1) is 19.1. The number of aryl methyl sites for hydroxylation is 1. The Kier molecular flexibility index (Phi) is 6.01. The van der Waals surface area contributed by atoms with E-state index >= 15 is 0 Å². The van der Waals surface area contributed by atoms with Gasteiger partial charge in [-0.25, -0.2) is 4.79 Å². The Morgan fingerprint density at radius 2 is 1.71 bits per heavy atom. The predicted molar refractivity (Wildman–Crippen MR) is 109 cm³/mol. The van der Waals surface area contributed by atoms with Crippen LogP contribution in [0.25, 0.3) is 0 Å². The minimum Gasteiger partial charge on any atom is -0.462 e. The van der Waals surface area contributed by atoms with Crippen LogP contribution >= 0.6 is 0 Å². The number of carbonyl (C=O) groups is 2. The number of para-hydroxylation sites is 2. The molecule has 0 atom stereocenters. The third kappa shape index (κ3) is 4.54. The normalized spacial score (nSPS) is 10.2. The van der Waals surface area contributed by atoms with Crippen molar-refractivity contribution in [3.05, 3.63) is 83.7 Å². The van der Waals surface area contributed by atoms with E-state index in [1.807, 2.05) is 31.2 Å². The van der Waals surface area contributed by atoms with Crippen LogP contribution in [0.2, 0.25) is 0 Å². The van der Waals surface area contributed by atoms with Gasteiger partial charge in [-0.15, -0.1) is 0 Å². The zero-order valence-corrected chi connectivity index (χ0v) is 15.7. The molecule has 0 aliphatic carbocycles. The van der Waals surface area contributed by atoms with Crippen LogP contribution in [0.4, 0.5) is 17.1 Å². The van der Waals surface area contributed by atoms with Crippen LogP contribution in [-0.2, 0) is 4.74 Å². The zero-order valence-electron chi connectivity index (χ0n) is 15.7. The van der Waals surface area contributed by atoms with Gasteiger partial charge in [-0.05, 0) is 43.7 Å². The number of amides is 1. The molecule has 28 heavy (non-hydrogen) atoms. The number of nitrogens with one attached hydrogen (secondary N) is 2. The SMILES string of the molecule is CCOC(=O)c1ccccc1NC(=O)c1cncc(Nc2ccccc2C)c1. The fourth-order valence-electron chi connectivity index (χ4n) is 2.67. The Balaban J connectivity index is 1.79. The van der Waals surface area contributed by atoms with Crippen molar-refractivity contribution < 1.29 is 14.3 Å². The smallest absolute Gasteiger partial charge is 0.340 e. The summed E-state index contributed by atoms with van der Waals surface area (Å²) in [5.74, 6) is -0.843. The first-order valence-electron chi connectivity index (χ1n) is 8.93. The van der Waals surface area contributed by atoms with Crippen LogP contribution in [0, 0.1) is 6.92 Å². The van der Waals surface area contributed by atoms with Crippen molar-refractivity contribution in [2.24, 2.45) is 0 Å². The Bertz CT molecular complexity index is 1000. The molecule has 3 aromatic rings. The average Bonchev–Trinajstić information content (AvgIpc) is 2.70. The van der Waals surface area contributed by atoms with Crippen molar-refractivity contribution in [1.82, 2.24) is 4.98 Å². The average molecular weight is 375 g/mol. The van der Waals surface area contributed by atoms with Crippen LogP contribution in [0.3, 0.4) is 0 Å². The monoisotopic (exact) mass is 375 g/mol. The summed E-state index contributed by atoms with van der Waals surface area (Å²) in [6, 6.07) is 16.3. The highest BCUT2D eigenvalue weighted by Crippen LogP contribution is 2.21. The summed E-state index contributed by atoms with van der Waals surface area (Å²) >= 11 is 0. The molecule has 1 aromatic heterocycles. The van der Waals surface area contributed by atoms with E-state index in [9.17, 15) is 9.59 Å². The molecule has 0 bridgehead atoms. The van der Waals surface area contributed by atoms with E-state index < -0.39 is 5.97 Å².